The lowest BCUT2D eigenvalue weighted by Crippen LogP contribution is -2.56. The van der Waals surface area contributed by atoms with E-state index in [-0.39, 0.29) is 5.54 Å². The molecular weight excluding hydrogens is 236 g/mol. The van der Waals surface area contributed by atoms with Gasteiger partial charge in [0, 0.05) is 25.2 Å². The Bertz CT molecular complexity index is 421. The van der Waals surface area contributed by atoms with E-state index in [1.165, 1.54) is 11.1 Å². The van der Waals surface area contributed by atoms with Crippen molar-refractivity contribution in [2.45, 2.75) is 44.9 Å². The van der Waals surface area contributed by atoms with Gasteiger partial charge >= 0.3 is 0 Å². The number of nitrogens with two attached hydrogens (primary N) is 1. The molecule has 0 saturated carbocycles. The predicted molar refractivity (Wildman–Crippen MR) is 79.1 cm³/mol. The first-order valence-electron chi connectivity index (χ1n) is 7.15. The smallest absolute Gasteiger partial charge is 0.0565 e. The highest BCUT2D eigenvalue weighted by atomic mass is 16.5. The summed E-state index contributed by atoms with van der Waals surface area (Å²) in [5.41, 5.74) is 8.91. The average molecular weight is 262 g/mol. The zero-order chi connectivity index (χ0) is 13.9. The summed E-state index contributed by atoms with van der Waals surface area (Å²) in [5.74, 6) is 0. The number of nitrogens with zero attached hydrogens (tertiary/aromatic N) is 1. The highest BCUT2D eigenvalue weighted by Crippen LogP contribution is 2.30. The van der Waals surface area contributed by atoms with Crippen LogP contribution in [-0.2, 0) is 11.3 Å². The number of rotatable bonds is 4. The number of hydrogen-bond donors (Lipinski definition) is 1. The Balaban J connectivity index is 2.13. The van der Waals surface area contributed by atoms with Gasteiger partial charge in [0.25, 0.3) is 0 Å². The van der Waals surface area contributed by atoms with Crippen LogP contribution in [0, 0.1) is 6.92 Å². The van der Waals surface area contributed by atoms with Crippen LogP contribution in [0.5, 0.6) is 0 Å². The maximum absolute atomic E-state index is 6.10. The first-order chi connectivity index (χ1) is 9.07. The second-order valence-electron chi connectivity index (χ2n) is 5.85. The fourth-order valence-corrected chi connectivity index (χ4v) is 3.04. The molecular formula is C16H26N2O. The van der Waals surface area contributed by atoms with Gasteiger partial charge in [-0.3, -0.25) is 4.90 Å². The summed E-state index contributed by atoms with van der Waals surface area (Å²) in [5, 5.41) is 0. The van der Waals surface area contributed by atoms with Crippen molar-refractivity contribution in [3.05, 3.63) is 35.4 Å². The molecule has 2 rings (SSSR count). The molecule has 0 aliphatic carbocycles. The third-order valence-electron chi connectivity index (χ3n) is 4.50. The lowest BCUT2D eigenvalue weighted by atomic mass is 9.85. The Morgan fingerprint density at radius 3 is 2.79 bits per heavy atom. The van der Waals surface area contributed by atoms with Crippen LogP contribution in [0.1, 0.15) is 30.9 Å². The van der Waals surface area contributed by atoms with Gasteiger partial charge in [-0.25, -0.2) is 0 Å². The minimum Gasteiger partial charge on any atom is -0.378 e. The van der Waals surface area contributed by atoms with Gasteiger partial charge in [-0.1, -0.05) is 24.3 Å². The van der Waals surface area contributed by atoms with Crippen molar-refractivity contribution in [2.24, 2.45) is 5.73 Å². The summed E-state index contributed by atoms with van der Waals surface area (Å²) >= 11 is 0. The minimum atomic E-state index is 0.0833. The Morgan fingerprint density at radius 1 is 1.42 bits per heavy atom. The fraction of sp³-hybridized carbons (Fsp3) is 0.625. The maximum Gasteiger partial charge on any atom is 0.0565 e. The number of likely N-dealkylation sites (N-methyl/N-ethyl adjacent to an activating group) is 1. The fourth-order valence-electron chi connectivity index (χ4n) is 3.04. The van der Waals surface area contributed by atoms with Crippen molar-refractivity contribution in [1.29, 1.82) is 0 Å². The second-order valence-corrected chi connectivity index (χ2v) is 5.85. The molecule has 1 fully saturated rings. The number of ether oxygens (including phenoxy) is 1. The monoisotopic (exact) mass is 262 g/mol. The first kappa shape index (κ1) is 14.5. The lowest BCUT2D eigenvalue weighted by Gasteiger charge is -2.46. The van der Waals surface area contributed by atoms with Crippen molar-refractivity contribution in [3.8, 4) is 0 Å². The summed E-state index contributed by atoms with van der Waals surface area (Å²) in [6, 6.07) is 8.58. The quantitative estimate of drug-likeness (QED) is 0.905. The summed E-state index contributed by atoms with van der Waals surface area (Å²) in [4.78, 5) is 2.42. The van der Waals surface area contributed by atoms with E-state index in [9.17, 15) is 0 Å². The summed E-state index contributed by atoms with van der Waals surface area (Å²) in [7, 11) is 2.19. The lowest BCUT2D eigenvalue weighted by molar-refractivity contribution is -0.0584. The molecule has 0 aromatic heterocycles. The van der Waals surface area contributed by atoms with E-state index in [0.29, 0.717) is 12.6 Å². The second kappa shape index (κ2) is 6.04. The van der Waals surface area contributed by atoms with Crippen molar-refractivity contribution < 1.29 is 4.74 Å². The molecule has 1 aliphatic heterocycles. The van der Waals surface area contributed by atoms with E-state index in [2.05, 4.69) is 50.1 Å². The van der Waals surface area contributed by atoms with E-state index < -0.39 is 0 Å². The van der Waals surface area contributed by atoms with E-state index in [4.69, 9.17) is 10.5 Å². The van der Waals surface area contributed by atoms with Gasteiger partial charge < -0.3 is 10.5 Å². The zero-order valence-electron chi connectivity index (χ0n) is 12.4. The third kappa shape index (κ3) is 3.16. The molecule has 0 radical (unpaired) electrons. The molecule has 2 N–H and O–H groups in total. The summed E-state index contributed by atoms with van der Waals surface area (Å²) < 4.78 is 5.68. The van der Waals surface area contributed by atoms with Gasteiger partial charge in [-0.05, 0) is 44.9 Å². The van der Waals surface area contributed by atoms with Gasteiger partial charge in [0.2, 0.25) is 0 Å². The SMILES string of the molecule is Cc1ccccc1CN(C)C1(CN)CCOC(C)C1. The Kier molecular flexibility index (Phi) is 4.61. The molecule has 1 saturated heterocycles. The Morgan fingerprint density at radius 2 is 2.16 bits per heavy atom. The van der Waals surface area contributed by atoms with Gasteiger partial charge in [-0.2, -0.15) is 0 Å². The Hall–Kier alpha value is -0.900. The molecule has 1 aromatic rings. The van der Waals surface area contributed by atoms with Crippen LogP contribution in [-0.4, -0.2) is 36.7 Å². The first-order valence-corrected chi connectivity index (χ1v) is 7.15. The van der Waals surface area contributed by atoms with Gasteiger partial charge in [0.05, 0.1) is 6.10 Å². The van der Waals surface area contributed by atoms with Crippen LogP contribution in [0.4, 0.5) is 0 Å². The molecule has 3 nitrogen and oxygen atoms in total. The van der Waals surface area contributed by atoms with Gasteiger partial charge in [-0.15, -0.1) is 0 Å². The van der Waals surface area contributed by atoms with Gasteiger partial charge in [0.1, 0.15) is 0 Å². The molecule has 1 heterocycles. The molecule has 19 heavy (non-hydrogen) atoms. The van der Waals surface area contributed by atoms with Gasteiger partial charge in [0.15, 0.2) is 0 Å². The Labute approximate surface area is 116 Å². The van der Waals surface area contributed by atoms with Crippen molar-refractivity contribution in [2.75, 3.05) is 20.2 Å². The van der Waals surface area contributed by atoms with Crippen LogP contribution in [0.2, 0.25) is 0 Å². The van der Waals surface area contributed by atoms with E-state index in [1.54, 1.807) is 0 Å². The van der Waals surface area contributed by atoms with Crippen molar-refractivity contribution in [3.63, 3.8) is 0 Å². The van der Waals surface area contributed by atoms with Crippen molar-refractivity contribution >= 4 is 0 Å². The van der Waals surface area contributed by atoms with Crippen LogP contribution in [0.3, 0.4) is 0 Å². The average Bonchev–Trinajstić information content (AvgIpc) is 2.41. The standard InChI is InChI=1S/C16H26N2O/c1-13-6-4-5-7-15(13)11-18(3)16(12-17)8-9-19-14(2)10-16/h4-7,14H,8-12,17H2,1-3H3. The van der Waals surface area contributed by atoms with Crippen LogP contribution in [0.15, 0.2) is 24.3 Å². The highest BCUT2D eigenvalue weighted by molar-refractivity contribution is 5.25. The highest BCUT2D eigenvalue weighted by Gasteiger charge is 2.37. The predicted octanol–water partition coefficient (Wildman–Crippen LogP) is 2.32. The van der Waals surface area contributed by atoms with E-state index >= 15 is 0 Å². The van der Waals surface area contributed by atoms with Crippen LogP contribution < -0.4 is 5.73 Å². The zero-order valence-corrected chi connectivity index (χ0v) is 12.4. The normalized spacial score (nSPS) is 27.7. The molecule has 1 aliphatic rings. The maximum atomic E-state index is 6.10. The third-order valence-corrected chi connectivity index (χ3v) is 4.50. The topological polar surface area (TPSA) is 38.5 Å². The molecule has 2 unspecified atom stereocenters. The molecule has 1 aromatic carbocycles. The minimum absolute atomic E-state index is 0.0833. The molecule has 2 atom stereocenters. The number of benzene rings is 1. The number of aryl methyl sites for hydroxylation is 1. The molecule has 0 bridgehead atoms. The van der Waals surface area contributed by atoms with E-state index in [0.717, 1.165) is 26.0 Å². The molecule has 106 valence electrons. The summed E-state index contributed by atoms with van der Waals surface area (Å²) in [6.45, 7) is 6.78. The molecule has 3 heteroatoms. The largest absolute Gasteiger partial charge is 0.378 e. The number of hydrogen-bond acceptors (Lipinski definition) is 3. The van der Waals surface area contributed by atoms with Crippen LogP contribution >= 0.6 is 0 Å². The molecule has 0 spiro atoms. The van der Waals surface area contributed by atoms with Crippen LogP contribution in [0.25, 0.3) is 0 Å². The van der Waals surface area contributed by atoms with Crippen molar-refractivity contribution in [1.82, 2.24) is 4.90 Å². The summed E-state index contributed by atoms with van der Waals surface area (Å²) in [6.07, 6.45) is 2.35. The molecule has 0 amide bonds. The van der Waals surface area contributed by atoms with E-state index in [1.807, 2.05) is 0 Å².